The molecule has 0 aliphatic rings. The van der Waals surface area contributed by atoms with Crippen LogP contribution in [0.25, 0.3) is 0 Å². The highest BCUT2D eigenvalue weighted by molar-refractivity contribution is 5.93. The van der Waals surface area contributed by atoms with E-state index in [1.165, 1.54) is 0 Å². The van der Waals surface area contributed by atoms with Crippen LogP contribution < -0.4 is 20.5 Å². The van der Waals surface area contributed by atoms with Crippen LogP contribution in [0.4, 0.5) is 5.69 Å². The molecule has 7 heteroatoms. The molecule has 112 valence electrons. The number of hydrogen-bond acceptors (Lipinski definition) is 4. The number of aromatic nitrogens is 2. The second-order valence-corrected chi connectivity index (χ2v) is 4.39. The van der Waals surface area contributed by atoms with Gasteiger partial charge in [-0.15, -0.1) is 0 Å². The molecule has 1 aromatic carbocycles. The van der Waals surface area contributed by atoms with Crippen LogP contribution in [0.2, 0.25) is 0 Å². The van der Waals surface area contributed by atoms with Crippen molar-refractivity contribution in [1.82, 2.24) is 9.55 Å². The van der Waals surface area contributed by atoms with Crippen molar-refractivity contribution in [2.24, 2.45) is 17.8 Å². The summed E-state index contributed by atoms with van der Waals surface area (Å²) in [7, 11) is 5.11. The number of anilines is 1. The minimum atomic E-state index is 0.294. The van der Waals surface area contributed by atoms with Crippen molar-refractivity contribution in [2.75, 3.05) is 19.5 Å². The van der Waals surface area contributed by atoms with Gasteiger partial charge in [-0.3, -0.25) is 0 Å². The smallest absolute Gasteiger partial charge is 0.193 e. The number of nitrogens with zero attached hydrogens (tertiary/aromatic N) is 3. The molecule has 0 aliphatic heterocycles. The van der Waals surface area contributed by atoms with Gasteiger partial charge >= 0.3 is 0 Å². The summed E-state index contributed by atoms with van der Waals surface area (Å²) in [6, 6.07) is 5.41. The number of nitrogens with two attached hydrogens (primary N) is 1. The first-order chi connectivity index (χ1) is 10.1. The molecule has 0 spiro atoms. The van der Waals surface area contributed by atoms with Gasteiger partial charge in [0.1, 0.15) is 11.5 Å². The van der Waals surface area contributed by atoms with Crippen LogP contribution in [-0.4, -0.2) is 29.7 Å². The predicted octanol–water partition coefficient (Wildman–Crippen LogP) is 1.36. The van der Waals surface area contributed by atoms with Gasteiger partial charge in [0.05, 0.1) is 44.7 Å². The first kappa shape index (κ1) is 14.7. The lowest BCUT2D eigenvalue weighted by molar-refractivity contribution is 0.405. The quantitative estimate of drug-likeness (QED) is 0.641. The minimum Gasteiger partial charge on any atom is -0.497 e. The van der Waals surface area contributed by atoms with Crippen LogP contribution in [0, 0.1) is 0 Å². The van der Waals surface area contributed by atoms with E-state index in [2.05, 4.69) is 15.3 Å². The van der Waals surface area contributed by atoms with Gasteiger partial charge in [-0.1, -0.05) is 0 Å². The summed E-state index contributed by atoms with van der Waals surface area (Å²) < 4.78 is 12.3. The first-order valence-electron chi connectivity index (χ1n) is 6.38. The van der Waals surface area contributed by atoms with E-state index in [0.717, 1.165) is 5.69 Å². The molecule has 0 saturated carbocycles. The summed E-state index contributed by atoms with van der Waals surface area (Å²) in [4.78, 5) is 8.31. The lowest BCUT2D eigenvalue weighted by atomic mass is 10.2. The Morgan fingerprint density at radius 1 is 1.38 bits per heavy atom. The maximum atomic E-state index is 5.90. The largest absolute Gasteiger partial charge is 0.497 e. The number of guanidine groups is 1. The zero-order valence-corrected chi connectivity index (χ0v) is 12.3. The monoisotopic (exact) mass is 289 g/mol. The van der Waals surface area contributed by atoms with Crippen LogP contribution in [0.5, 0.6) is 11.5 Å². The Morgan fingerprint density at radius 2 is 2.19 bits per heavy atom. The third kappa shape index (κ3) is 3.65. The molecule has 0 saturated heterocycles. The normalized spacial score (nSPS) is 11.3. The molecule has 0 atom stereocenters. The van der Waals surface area contributed by atoms with Gasteiger partial charge in [-0.05, 0) is 12.1 Å². The zero-order chi connectivity index (χ0) is 15.2. The average Bonchev–Trinajstić information content (AvgIpc) is 2.90. The highest BCUT2D eigenvalue weighted by Gasteiger charge is 2.06. The Bertz CT molecular complexity index is 636. The van der Waals surface area contributed by atoms with E-state index >= 15 is 0 Å². The van der Waals surface area contributed by atoms with Crippen molar-refractivity contribution in [2.45, 2.75) is 6.54 Å². The number of aliphatic imine (C=N–C) groups is 1. The van der Waals surface area contributed by atoms with Crippen LogP contribution in [0.1, 0.15) is 5.69 Å². The molecule has 0 unspecified atom stereocenters. The van der Waals surface area contributed by atoms with E-state index in [4.69, 9.17) is 15.2 Å². The van der Waals surface area contributed by atoms with E-state index in [-0.39, 0.29) is 0 Å². The standard InChI is InChI=1S/C14H19N5O2/c1-19-9-16-7-10(19)8-17-14(15)18-12-6-11(20-2)4-5-13(12)21-3/h4-7,9H,8H2,1-3H3,(H3,15,17,18). The molecule has 21 heavy (non-hydrogen) atoms. The van der Waals surface area contributed by atoms with Crippen LogP contribution >= 0.6 is 0 Å². The molecule has 7 nitrogen and oxygen atoms in total. The van der Waals surface area contributed by atoms with Gasteiger partial charge in [0.25, 0.3) is 0 Å². The van der Waals surface area contributed by atoms with Gasteiger partial charge in [-0.25, -0.2) is 9.98 Å². The van der Waals surface area contributed by atoms with E-state index in [9.17, 15) is 0 Å². The number of methoxy groups -OCH3 is 2. The molecule has 0 amide bonds. The molecular weight excluding hydrogens is 270 g/mol. The van der Waals surface area contributed by atoms with E-state index in [0.29, 0.717) is 29.7 Å². The fourth-order valence-electron chi connectivity index (χ4n) is 1.79. The third-order valence-electron chi connectivity index (χ3n) is 3.00. The predicted molar refractivity (Wildman–Crippen MR) is 81.7 cm³/mol. The second-order valence-electron chi connectivity index (χ2n) is 4.39. The number of benzene rings is 1. The summed E-state index contributed by atoms with van der Waals surface area (Å²) in [5.74, 6) is 1.66. The van der Waals surface area contributed by atoms with Crippen LogP contribution in [0.3, 0.4) is 0 Å². The van der Waals surface area contributed by atoms with Gasteiger partial charge < -0.3 is 25.1 Å². The second kappa shape index (κ2) is 6.65. The Labute approximate surface area is 123 Å². The maximum Gasteiger partial charge on any atom is 0.193 e. The molecule has 0 radical (unpaired) electrons. The fourth-order valence-corrected chi connectivity index (χ4v) is 1.79. The number of rotatable bonds is 5. The third-order valence-corrected chi connectivity index (χ3v) is 3.00. The lowest BCUT2D eigenvalue weighted by Gasteiger charge is -2.12. The number of aryl methyl sites for hydroxylation is 1. The SMILES string of the molecule is COc1ccc(OC)c(NC(N)=NCc2cncn2C)c1. The van der Waals surface area contributed by atoms with E-state index in [1.807, 2.05) is 17.7 Å². The van der Waals surface area contributed by atoms with Gasteiger partial charge in [0, 0.05) is 13.1 Å². The maximum absolute atomic E-state index is 5.90. The molecule has 0 aliphatic carbocycles. The van der Waals surface area contributed by atoms with Gasteiger partial charge in [0.2, 0.25) is 0 Å². The topological polar surface area (TPSA) is 86.7 Å². The molecule has 0 fully saturated rings. The van der Waals surface area contributed by atoms with Crippen molar-refractivity contribution >= 4 is 11.6 Å². The Morgan fingerprint density at radius 3 is 2.81 bits per heavy atom. The minimum absolute atomic E-state index is 0.294. The summed E-state index contributed by atoms with van der Waals surface area (Å²) in [5.41, 5.74) is 7.57. The number of ether oxygens (including phenoxy) is 2. The molecule has 2 rings (SSSR count). The number of imidazole rings is 1. The lowest BCUT2D eigenvalue weighted by Crippen LogP contribution is -2.23. The van der Waals surface area contributed by atoms with Crippen molar-refractivity contribution in [1.29, 1.82) is 0 Å². The van der Waals surface area contributed by atoms with Crippen molar-refractivity contribution in [3.05, 3.63) is 36.4 Å². The zero-order valence-electron chi connectivity index (χ0n) is 12.3. The number of nitrogens with one attached hydrogen (secondary N) is 1. The Balaban J connectivity index is 2.11. The first-order valence-corrected chi connectivity index (χ1v) is 6.38. The highest BCUT2D eigenvalue weighted by atomic mass is 16.5. The molecule has 3 N–H and O–H groups in total. The molecule has 0 bridgehead atoms. The molecule has 1 heterocycles. The van der Waals surface area contributed by atoms with Crippen molar-refractivity contribution in [3.63, 3.8) is 0 Å². The molecular formula is C14H19N5O2. The van der Waals surface area contributed by atoms with E-state index in [1.54, 1.807) is 38.9 Å². The Kier molecular flexibility index (Phi) is 4.65. The summed E-state index contributed by atoms with van der Waals surface area (Å²) in [6.07, 6.45) is 3.47. The van der Waals surface area contributed by atoms with Gasteiger partial charge in [0.15, 0.2) is 5.96 Å². The highest BCUT2D eigenvalue weighted by Crippen LogP contribution is 2.28. The Hall–Kier alpha value is -2.70. The molecule has 1 aromatic heterocycles. The van der Waals surface area contributed by atoms with Crippen LogP contribution in [-0.2, 0) is 13.6 Å². The van der Waals surface area contributed by atoms with Crippen molar-refractivity contribution in [3.8, 4) is 11.5 Å². The summed E-state index contributed by atoms with van der Waals surface area (Å²) in [6.45, 7) is 0.446. The van der Waals surface area contributed by atoms with Gasteiger partial charge in [-0.2, -0.15) is 0 Å². The summed E-state index contributed by atoms with van der Waals surface area (Å²) >= 11 is 0. The van der Waals surface area contributed by atoms with Crippen molar-refractivity contribution < 1.29 is 9.47 Å². The summed E-state index contributed by atoms with van der Waals surface area (Å²) in [5, 5.41) is 3.01. The molecule has 2 aromatic rings. The fraction of sp³-hybridized carbons (Fsp3) is 0.286. The number of hydrogen-bond donors (Lipinski definition) is 2. The average molecular weight is 289 g/mol. The van der Waals surface area contributed by atoms with Crippen LogP contribution in [0.15, 0.2) is 35.7 Å². The van der Waals surface area contributed by atoms with E-state index < -0.39 is 0 Å².